The summed E-state index contributed by atoms with van der Waals surface area (Å²) in [6.45, 7) is 4.45. The lowest BCUT2D eigenvalue weighted by Crippen LogP contribution is -2.20. The van der Waals surface area contributed by atoms with Crippen molar-refractivity contribution in [1.29, 1.82) is 0 Å². The highest BCUT2D eigenvalue weighted by atomic mass is 79.9. The van der Waals surface area contributed by atoms with Crippen LogP contribution in [0.4, 0.5) is 5.82 Å². The molecule has 0 bridgehead atoms. The second-order valence-electron chi connectivity index (χ2n) is 4.84. The van der Waals surface area contributed by atoms with Gasteiger partial charge in [-0.2, -0.15) is 0 Å². The van der Waals surface area contributed by atoms with Crippen molar-refractivity contribution in [2.75, 3.05) is 5.32 Å². The Morgan fingerprint density at radius 3 is 2.89 bits per heavy atom. The predicted molar refractivity (Wildman–Crippen MR) is 82.5 cm³/mol. The molecule has 2 aromatic rings. The molecule has 0 aromatic carbocycles. The third-order valence-electron chi connectivity index (χ3n) is 3.23. The molecule has 0 spiro atoms. The summed E-state index contributed by atoms with van der Waals surface area (Å²) in [5, 5.41) is 3.56. The molecule has 0 aliphatic rings. The zero-order valence-electron chi connectivity index (χ0n) is 11.6. The molecule has 104 valence electrons. The summed E-state index contributed by atoms with van der Waals surface area (Å²) < 4.78 is 2.81. The van der Waals surface area contributed by atoms with Crippen LogP contribution in [-0.2, 0) is 0 Å². The van der Waals surface area contributed by atoms with Crippen LogP contribution in [0.15, 0.2) is 23.2 Å². The Labute approximate surface area is 122 Å². The van der Waals surface area contributed by atoms with Gasteiger partial charge in [-0.15, -0.1) is 0 Å². The van der Waals surface area contributed by atoms with Crippen molar-refractivity contribution >= 4 is 27.4 Å². The predicted octanol–water partition coefficient (Wildman–Crippen LogP) is 4.26. The van der Waals surface area contributed by atoms with Crippen molar-refractivity contribution in [1.82, 2.24) is 14.4 Å². The molecule has 19 heavy (non-hydrogen) atoms. The van der Waals surface area contributed by atoms with Crippen molar-refractivity contribution in [3.63, 3.8) is 0 Å². The van der Waals surface area contributed by atoms with Gasteiger partial charge in [-0.3, -0.25) is 0 Å². The first-order chi connectivity index (χ1) is 9.24. The highest BCUT2D eigenvalue weighted by Crippen LogP contribution is 2.20. The van der Waals surface area contributed by atoms with E-state index in [-0.39, 0.29) is 0 Å². The summed E-state index contributed by atoms with van der Waals surface area (Å²) in [7, 11) is 0. The molecule has 1 atom stereocenters. The Hall–Kier alpha value is -1.10. The molecular formula is C14H21BrN4. The van der Waals surface area contributed by atoms with Gasteiger partial charge < -0.3 is 9.72 Å². The average Bonchev–Trinajstić information content (AvgIpc) is 2.84. The van der Waals surface area contributed by atoms with Gasteiger partial charge in [-0.25, -0.2) is 9.97 Å². The van der Waals surface area contributed by atoms with Gasteiger partial charge in [0.05, 0.1) is 0 Å². The molecule has 1 unspecified atom stereocenters. The van der Waals surface area contributed by atoms with Crippen LogP contribution in [0, 0.1) is 0 Å². The Kier molecular flexibility index (Phi) is 5.19. The van der Waals surface area contributed by atoms with Crippen LogP contribution in [0.1, 0.15) is 46.0 Å². The Balaban J connectivity index is 2.19. The number of nitrogens with zero attached hydrogens (tertiary/aromatic N) is 3. The molecule has 2 rings (SSSR count). The molecule has 0 radical (unpaired) electrons. The van der Waals surface area contributed by atoms with Gasteiger partial charge in [0.25, 0.3) is 0 Å². The maximum atomic E-state index is 4.53. The lowest BCUT2D eigenvalue weighted by atomic mass is 10.1. The van der Waals surface area contributed by atoms with Gasteiger partial charge in [-0.05, 0) is 28.8 Å². The summed E-state index contributed by atoms with van der Waals surface area (Å²) in [6.07, 6.45) is 11.7. The van der Waals surface area contributed by atoms with Crippen LogP contribution in [0.2, 0.25) is 0 Å². The van der Waals surface area contributed by atoms with E-state index in [1.165, 1.54) is 32.1 Å². The number of hydrogen-bond acceptors (Lipinski definition) is 3. The first kappa shape index (κ1) is 14.3. The van der Waals surface area contributed by atoms with Gasteiger partial charge in [0, 0.05) is 24.6 Å². The number of rotatable bonds is 7. The van der Waals surface area contributed by atoms with E-state index < -0.39 is 0 Å². The van der Waals surface area contributed by atoms with Crippen molar-refractivity contribution in [2.45, 2.75) is 52.0 Å². The van der Waals surface area contributed by atoms with Crippen LogP contribution < -0.4 is 5.32 Å². The van der Waals surface area contributed by atoms with E-state index in [4.69, 9.17) is 0 Å². The molecule has 0 saturated carbocycles. The normalized spacial score (nSPS) is 12.8. The maximum absolute atomic E-state index is 4.53. The van der Waals surface area contributed by atoms with Crippen LogP contribution in [0.25, 0.3) is 5.65 Å². The van der Waals surface area contributed by atoms with E-state index in [1.807, 2.05) is 16.8 Å². The topological polar surface area (TPSA) is 42.2 Å². The zero-order chi connectivity index (χ0) is 13.7. The highest BCUT2D eigenvalue weighted by molar-refractivity contribution is 9.10. The van der Waals surface area contributed by atoms with E-state index in [0.717, 1.165) is 16.1 Å². The number of unbranched alkanes of at least 4 members (excludes halogenated alkanes) is 1. The number of halogens is 1. The molecular weight excluding hydrogens is 304 g/mol. The highest BCUT2D eigenvalue weighted by Gasteiger charge is 2.12. The van der Waals surface area contributed by atoms with E-state index in [0.29, 0.717) is 6.04 Å². The van der Waals surface area contributed by atoms with Crippen LogP contribution >= 0.6 is 15.9 Å². The summed E-state index contributed by atoms with van der Waals surface area (Å²) >= 11 is 3.45. The first-order valence-corrected chi connectivity index (χ1v) is 7.79. The fourth-order valence-electron chi connectivity index (χ4n) is 2.28. The summed E-state index contributed by atoms with van der Waals surface area (Å²) in [4.78, 5) is 8.90. The van der Waals surface area contributed by atoms with E-state index in [2.05, 4.69) is 45.1 Å². The molecule has 1 N–H and O–H groups in total. The second-order valence-corrected chi connectivity index (χ2v) is 5.65. The van der Waals surface area contributed by atoms with Gasteiger partial charge in [-0.1, -0.05) is 33.1 Å². The molecule has 0 aliphatic heterocycles. The van der Waals surface area contributed by atoms with Gasteiger partial charge in [0.15, 0.2) is 11.5 Å². The number of anilines is 1. The Morgan fingerprint density at radius 2 is 2.16 bits per heavy atom. The number of aromatic nitrogens is 3. The summed E-state index contributed by atoms with van der Waals surface area (Å²) in [5.41, 5.74) is 0.890. The number of nitrogens with one attached hydrogen (secondary N) is 1. The monoisotopic (exact) mass is 324 g/mol. The molecule has 2 heterocycles. The minimum atomic E-state index is 0.479. The molecule has 0 saturated heterocycles. The van der Waals surface area contributed by atoms with Crippen LogP contribution in [0.5, 0.6) is 0 Å². The Bertz CT molecular complexity index is 523. The van der Waals surface area contributed by atoms with Gasteiger partial charge in [0.1, 0.15) is 4.60 Å². The molecule has 5 heteroatoms. The van der Waals surface area contributed by atoms with Gasteiger partial charge >= 0.3 is 0 Å². The standard InChI is InChI=1S/C14H21BrN4/c1-3-5-7-11(6-4-2)17-13-14-16-8-9-19(14)10-12(15)18-13/h8-11H,3-7H2,1-2H3,(H,17,18). The second kappa shape index (κ2) is 6.89. The molecule has 0 fully saturated rings. The van der Waals surface area contributed by atoms with Crippen molar-refractivity contribution in [3.8, 4) is 0 Å². The third-order valence-corrected chi connectivity index (χ3v) is 3.61. The van der Waals surface area contributed by atoms with E-state index in [1.54, 1.807) is 6.20 Å². The summed E-state index contributed by atoms with van der Waals surface area (Å²) in [6, 6.07) is 0.479. The summed E-state index contributed by atoms with van der Waals surface area (Å²) in [5.74, 6) is 0.869. The lowest BCUT2D eigenvalue weighted by molar-refractivity contribution is 0.563. The molecule has 2 aromatic heterocycles. The molecule has 0 amide bonds. The lowest BCUT2D eigenvalue weighted by Gasteiger charge is -2.19. The maximum Gasteiger partial charge on any atom is 0.180 e. The SMILES string of the molecule is CCCCC(CCC)Nc1nc(Br)cn2ccnc12. The first-order valence-electron chi connectivity index (χ1n) is 7.00. The fraction of sp³-hybridized carbons (Fsp3) is 0.571. The van der Waals surface area contributed by atoms with Crippen LogP contribution in [0.3, 0.4) is 0 Å². The minimum Gasteiger partial charge on any atom is -0.364 e. The number of fused-ring (bicyclic) bond motifs is 1. The molecule has 0 aliphatic carbocycles. The molecule has 4 nitrogen and oxygen atoms in total. The smallest absolute Gasteiger partial charge is 0.180 e. The Morgan fingerprint density at radius 1 is 1.32 bits per heavy atom. The third kappa shape index (κ3) is 3.69. The quantitative estimate of drug-likeness (QED) is 0.827. The fourth-order valence-corrected chi connectivity index (χ4v) is 2.68. The largest absolute Gasteiger partial charge is 0.364 e. The number of imidazole rings is 1. The van der Waals surface area contributed by atoms with E-state index in [9.17, 15) is 0 Å². The zero-order valence-corrected chi connectivity index (χ0v) is 13.2. The van der Waals surface area contributed by atoms with Gasteiger partial charge in [0.2, 0.25) is 0 Å². The average molecular weight is 325 g/mol. The van der Waals surface area contributed by atoms with Crippen molar-refractivity contribution in [2.24, 2.45) is 0 Å². The van der Waals surface area contributed by atoms with Crippen molar-refractivity contribution < 1.29 is 0 Å². The van der Waals surface area contributed by atoms with E-state index >= 15 is 0 Å². The van der Waals surface area contributed by atoms with Crippen molar-refractivity contribution in [3.05, 3.63) is 23.2 Å². The minimum absolute atomic E-state index is 0.479. The van der Waals surface area contributed by atoms with Crippen LogP contribution in [-0.4, -0.2) is 20.4 Å². The number of hydrogen-bond donors (Lipinski definition) is 1.